The van der Waals surface area contributed by atoms with E-state index in [9.17, 15) is 9.59 Å². The molecule has 1 amide bonds. The van der Waals surface area contributed by atoms with Crippen LogP contribution in [0.25, 0.3) is 0 Å². The normalized spacial score (nSPS) is 32.3. The molecule has 4 fully saturated rings. The average Bonchev–Trinajstić information content (AvgIpc) is 2.58. The van der Waals surface area contributed by atoms with E-state index in [0.29, 0.717) is 17.1 Å². The molecule has 1 N–H and O–H groups in total. The van der Waals surface area contributed by atoms with Gasteiger partial charge in [0.15, 0.2) is 18.1 Å². The van der Waals surface area contributed by atoms with Gasteiger partial charge < -0.3 is 14.8 Å². The minimum Gasteiger partial charge on any atom is -0.493 e. The van der Waals surface area contributed by atoms with Crippen molar-refractivity contribution < 1.29 is 19.1 Å². The number of carbonyl (C=O) groups is 2. The summed E-state index contributed by atoms with van der Waals surface area (Å²) in [6.07, 6.45) is 8.20. The van der Waals surface area contributed by atoms with E-state index in [2.05, 4.69) is 5.32 Å². The fourth-order valence-electron chi connectivity index (χ4n) is 5.62. The van der Waals surface area contributed by atoms with Crippen LogP contribution in [0.15, 0.2) is 18.2 Å². The summed E-state index contributed by atoms with van der Waals surface area (Å²) in [7, 11) is 1.52. The summed E-state index contributed by atoms with van der Waals surface area (Å²) in [4.78, 5) is 23.3. The zero-order chi connectivity index (χ0) is 17.4. The average molecular weight is 343 g/mol. The van der Waals surface area contributed by atoms with Crippen LogP contribution in [0.4, 0.5) is 0 Å². The molecule has 0 saturated heterocycles. The van der Waals surface area contributed by atoms with Gasteiger partial charge in [0.25, 0.3) is 5.91 Å². The van der Waals surface area contributed by atoms with E-state index < -0.39 is 0 Å². The molecule has 4 bridgehead atoms. The highest BCUT2D eigenvalue weighted by Crippen LogP contribution is 2.55. The summed E-state index contributed by atoms with van der Waals surface area (Å²) in [6.45, 7) is -0.0292. The predicted octanol–water partition coefficient (Wildman–Crippen LogP) is 2.97. The van der Waals surface area contributed by atoms with Gasteiger partial charge in [0.05, 0.1) is 7.11 Å². The first-order chi connectivity index (χ1) is 12.1. The van der Waals surface area contributed by atoms with Crippen molar-refractivity contribution in [2.45, 2.75) is 44.1 Å². The zero-order valence-electron chi connectivity index (χ0n) is 14.6. The predicted molar refractivity (Wildman–Crippen MR) is 92.9 cm³/mol. The van der Waals surface area contributed by atoms with Crippen LogP contribution in [0, 0.1) is 17.8 Å². The molecule has 25 heavy (non-hydrogen) atoms. The highest BCUT2D eigenvalue weighted by molar-refractivity contribution is 5.79. The second kappa shape index (κ2) is 6.36. The molecule has 1 aromatic carbocycles. The molecule has 0 spiro atoms. The number of benzene rings is 1. The van der Waals surface area contributed by atoms with Crippen LogP contribution in [0.2, 0.25) is 0 Å². The minimum absolute atomic E-state index is 0.000650. The largest absolute Gasteiger partial charge is 0.493 e. The van der Waals surface area contributed by atoms with Crippen LogP contribution < -0.4 is 14.8 Å². The number of rotatable bonds is 6. The van der Waals surface area contributed by atoms with E-state index in [0.717, 1.165) is 43.3 Å². The van der Waals surface area contributed by atoms with Crippen molar-refractivity contribution in [3.63, 3.8) is 0 Å². The van der Waals surface area contributed by atoms with Gasteiger partial charge in [-0.1, -0.05) is 0 Å². The number of aldehydes is 1. The maximum atomic E-state index is 12.5. The van der Waals surface area contributed by atoms with Gasteiger partial charge in [-0.15, -0.1) is 0 Å². The van der Waals surface area contributed by atoms with Crippen molar-refractivity contribution in [2.75, 3.05) is 13.7 Å². The van der Waals surface area contributed by atoms with Gasteiger partial charge in [-0.25, -0.2) is 0 Å². The lowest BCUT2D eigenvalue weighted by atomic mass is 9.53. The Hall–Kier alpha value is -2.04. The van der Waals surface area contributed by atoms with Crippen LogP contribution in [-0.2, 0) is 4.79 Å². The Morgan fingerprint density at radius 1 is 1.16 bits per heavy atom. The molecule has 0 aliphatic heterocycles. The van der Waals surface area contributed by atoms with Crippen LogP contribution in [-0.4, -0.2) is 31.4 Å². The Kier molecular flexibility index (Phi) is 4.18. The first kappa shape index (κ1) is 16.4. The zero-order valence-corrected chi connectivity index (χ0v) is 14.6. The molecular formula is C20H25NO4. The maximum Gasteiger partial charge on any atom is 0.258 e. The number of hydrogen-bond donors (Lipinski definition) is 1. The third-order valence-corrected chi connectivity index (χ3v) is 6.13. The van der Waals surface area contributed by atoms with Crippen LogP contribution in [0.1, 0.15) is 48.9 Å². The number of nitrogens with one attached hydrogen (secondary N) is 1. The minimum atomic E-state index is -0.0662. The maximum absolute atomic E-state index is 12.5. The van der Waals surface area contributed by atoms with E-state index in [1.165, 1.54) is 26.4 Å². The highest BCUT2D eigenvalue weighted by Gasteiger charge is 2.51. The van der Waals surface area contributed by atoms with E-state index >= 15 is 0 Å². The lowest BCUT2D eigenvalue weighted by molar-refractivity contribution is -0.128. The van der Waals surface area contributed by atoms with Gasteiger partial charge in [0.1, 0.15) is 6.29 Å². The second-order valence-corrected chi connectivity index (χ2v) is 8.06. The third-order valence-electron chi connectivity index (χ3n) is 6.13. The van der Waals surface area contributed by atoms with Gasteiger partial charge in [0, 0.05) is 11.1 Å². The summed E-state index contributed by atoms with van der Waals surface area (Å²) in [6, 6.07) is 4.93. The molecule has 134 valence electrons. The Morgan fingerprint density at radius 2 is 1.80 bits per heavy atom. The Morgan fingerprint density at radius 3 is 2.36 bits per heavy atom. The number of methoxy groups -OCH3 is 1. The van der Waals surface area contributed by atoms with Crippen LogP contribution >= 0.6 is 0 Å². The molecule has 0 unspecified atom stereocenters. The van der Waals surface area contributed by atoms with Crippen molar-refractivity contribution in [3.8, 4) is 11.5 Å². The second-order valence-electron chi connectivity index (χ2n) is 8.06. The lowest BCUT2D eigenvalue weighted by Crippen LogP contribution is -2.60. The standard InChI is InChI=1S/C20H25NO4/c1-24-18-7-13(11-22)2-3-17(18)25-12-19(23)21-20-8-14-4-15(9-20)6-16(5-14)10-20/h2-3,7,11,14-16H,4-6,8-10,12H2,1H3,(H,21,23). The van der Waals surface area contributed by atoms with Crippen molar-refractivity contribution in [2.24, 2.45) is 17.8 Å². The van der Waals surface area contributed by atoms with Crippen molar-refractivity contribution in [1.82, 2.24) is 5.32 Å². The van der Waals surface area contributed by atoms with Gasteiger partial charge in [-0.2, -0.15) is 0 Å². The smallest absolute Gasteiger partial charge is 0.258 e. The fraction of sp³-hybridized carbons (Fsp3) is 0.600. The summed E-state index contributed by atoms with van der Waals surface area (Å²) in [5.41, 5.74) is 0.517. The first-order valence-electron chi connectivity index (χ1n) is 9.16. The van der Waals surface area contributed by atoms with E-state index in [4.69, 9.17) is 9.47 Å². The Balaban J connectivity index is 1.38. The first-order valence-corrected chi connectivity index (χ1v) is 9.16. The molecular weight excluding hydrogens is 318 g/mol. The molecule has 4 aliphatic rings. The highest BCUT2D eigenvalue weighted by atomic mass is 16.5. The van der Waals surface area contributed by atoms with Crippen molar-refractivity contribution in [1.29, 1.82) is 0 Å². The molecule has 0 aromatic heterocycles. The summed E-state index contributed by atoms with van der Waals surface area (Å²) < 4.78 is 10.9. The third kappa shape index (κ3) is 3.24. The quantitative estimate of drug-likeness (QED) is 0.807. The number of ether oxygens (including phenoxy) is 2. The molecule has 0 radical (unpaired) electrons. The summed E-state index contributed by atoms with van der Waals surface area (Å²) in [5.74, 6) is 3.26. The molecule has 0 atom stereocenters. The van der Waals surface area contributed by atoms with Gasteiger partial charge >= 0.3 is 0 Å². The number of amides is 1. The van der Waals surface area contributed by atoms with E-state index in [1.807, 2.05) is 0 Å². The van der Waals surface area contributed by atoms with Crippen LogP contribution in [0.5, 0.6) is 11.5 Å². The topological polar surface area (TPSA) is 64.6 Å². The Bertz CT molecular complexity index is 649. The Labute approximate surface area is 148 Å². The molecule has 0 heterocycles. The van der Waals surface area contributed by atoms with E-state index in [1.54, 1.807) is 18.2 Å². The summed E-state index contributed by atoms with van der Waals surface area (Å²) >= 11 is 0. The molecule has 5 rings (SSSR count). The molecule has 1 aromatic rings. The monoisotopic (exact) mass is 343 g/mol. The molecule has 4 aliphatic carbocycles. The van der Waals surface area contributed by atoms with Crippen molar-refractivity contribution in [3.05, 3.63) is 23.8 Å². The number of hydrogen-bond acceptors (Lipinski definition) is 4. The molecule has 4 saturated carbocycles. The van der Waals surface area contributed by atoms with E-state index in [-0.39, 0.29) is 18.1 Å². The molecule has 5 nitrogen and oxygen atoms in total. The van der Waals surface area contributed by atoms with Gasteiger partial charge in [-0.3, -0.25) is 9.59 Å². The molecule has 5 heteroatoms. The van der Waals surface area contributed by atoms with Crippen molar-refractivity contribution >= 4 is 12.2 Å². The fourth-order valence-corrected chi connectivity index (χ4v) is 5.62. The SMILES string of the molecule is COc1cc(C=O)ccc1OCC(=O)NC12CC3CC(CC(C3)C1)C2. The number of carbonyl (C=O) groups excluding carboxylic acids is 2. The van der Waals surface area contributed by atoms with Gasteiger partial charge in [-0.05, 0) is 74.5 Å². The summed E-state index contributed by atoms with van der Waals surface area (Å²) in [5, 5.41) is 3.29. The van der Waals surface area contributed by atoms with Crippen LogP contribution in [0.3, 0.4) is 0 Å². The van der Waals surface area contributed by atoms with Gasteiger partial charge in [0.2, 0.25) is 0 Å². The lowest BCUT2D eigenvalue weighted by Gasteiger charge is -2.56.